The molecule has 0 amide bonds. The summed E-state index contributed by atoms with van der Waals surface area (Å²) >= 11 is 6.76. The first-order valence-corrected chi connectivity index (χ1v) is 17.7. The highest BCUT2D eigenvalue weighted by Crippen LogP contribution is 2.44. The number of methoxy groups -OCH3 is 1. The number of aldehydes is 1. The Balaban J connectivity index is 1.41. The Morgan fingerprint density at radius 2 is 1.31 bits per heavy atom. The Labute approximate surface area is 309 Å². The number of carbonyl (C=O) groups is 1. The van der Waals surface area contributed by atoms with Gasteiger partial charge in [-0.05, 0) is 65.4 Å². The Morgan fingerprint density at radius 3 is 1.85 bits per heavy atom. The maximum atomic E-state index is 14.9. The number of hydrogen-bond donors (Lipinski definition) is 0. The lowest BCUT2D eigenvalue weighted by Gasteiger charge is -2.51. The van der Waals surface area contributed by atoms with Crippen LogP contribution in [0.1, 0.15) is 40.3 Å². The van der Waals surface area contributed by atoms with Crippen molar-refractivity contribution in [1.29, 1.82) is 0 Å². The van der Waals surface area contributed by atoms with Crippen molar-refractivity contribution in [2.75, 3.05) is 13.7 Å². The molecule has 5 unspecified atom stereocenters. The normalized spacial score (nSPS) is 21.5. The van der Waals surface area contributed by atoms with Crippen LogP contribution in [0.5, 0.6) is 5.75 Å². The van der Waals surface area contributed by atoms with E-state index in [0.717, 1.165) is 23.0 Å². The van der Waals surface area contributed by atoms with Crippen LogP contribution in [-0.4, -0.2) is 44.4 Å². The second kappa shape index (κ2) is 17.9. The molecule has 0 bridgehead atoms. The second-order valence-electron chi connectivity index (χ2n) is 12.5. The molecular formula is C43H42ClFO7. The Morgan fingerprint density at radius 1 is 0.731 bits per heavy atom. The van der Waals surface area contributed by atoms with Gasteiger partial charge in [-0.2, -0.15) is 0 Å². The largest absolute Gasteiger partial charge is 0.491 e. The number of halogens is 2. The number of benzene rings is 5. The fourth-order valence-electron chi connectivity index (χ4n) is 6.48. The van der Waals surface area contributed by atoms with Crippen LogP contribution in [0.2, 0.25) is 5.02 Å². The van der Waals surface area contributed by atoms with E-state index in [2.05, 4.69) is 0 Å². The Kier molecular flexibility index (Phi) is 12.8. The van der Waals surface area contributed by atoms with E-state index in [4.69, 9.17) is 40.0 Å². The first kappa shape index (κ1) is 37.4. The quantitative estimate of drug-likeness (QED) is 0.0944. The molecule has 9 heteroatoms. The summed E-state index contributed by atoms with van der Waals surface area (Å²) in [6.45, 7) is 2.77. The van der Waals surface area contributed by atoms with Gasteiger partial charge in [0.15, 0.2) is 17.9 Å². The molecule has 1 aliphatic rings. The van der Waals surface area contributed by atoms with Crippen molar-refractivity contribution in [3.8, 4) is 5.75 Å². The average molecular weight is 725 g/mol. The minimum atomic E-state index is -1.66. The molecule has 6 rings (SSSR count). The minimum Gasteiger partial charge on any atom is -0.491 e. The lowest BCUT2D eigenvalue weighted by Crippen LogP contribution is -2.65. The van der Waals surface area contributed by atoms with Crippen molar-refractivity contribution >= 4 is 17.9 Å². The molecule has 270 valence electrons. The van der Waals surface area contributed by atoms with E-state index in [9.17, 15) is 9.18 Å². The average Bonchev–Trinajstić information content (AvgIpc) is 3.18. The van der Waals surface area contributed by atoms with Gasteiger partial charge in [-0.15, -0.1) is 0 Å². The van der Waals surface area contributed by atoms with Crippen molar-refractivity contribution < 1.29 is 37.6 Å². The van der Waals surface area contributed by atoms with Crippen molar-refractivity contribution in [3.63, 3.8) is 0 Å². The predicted octanol–water partition coefficient (Wildman–Crippen LogP) is 8.62. The van der Waals surface area contributed by atoms with Gasteiger partial charge in [0.2, 0.25) is 5.79 Å². The zero-order chi connectivity index (χ0) is 36.3. The number of carbonyl (C=O) groups excluding carboxylic acids is 1. The molecule has 0 aromatic heterocycles. The fraction of sp³-hybridized carbons (Fsp3) is 0.279. The SMILES string of the molecule is CCOc1ccc(Cc2cc(C3(OC)OC(C=O)C(OCc4ccccc4)C(OCc4ccccc4)C3OCc3ccccc3)ccc2Cl)cc1F. The molecule has 1 saturated heterocycles. The molecule has 5 aromatic rings. The van der Waals surface area contributed by atoms with Crippen LogP contribution < -0.4 is 4.74 Å². The molecule has 1 heterocycles. The third-order valence-electron chi connectivity index (χ3n) is 9.05. The van der Waals surface area contributed by atoms with Crippen molar-refractivity contribution in [1.82, 2.24) is 0 Å². The highest BCUT2D eigenvalue weighted by molar-refractivity contribution is 6.31. The third kappa shape index (κ3) is 8.78. The lowest BCUT2D eigenvalue weighted by molar-refractivity contribution is -0.373. The summed E-state index contributed by atoms with van der Waals surface area (Å²) in [6, 6.07) is 39.4. The predicted molar refractivity (Wildman–Crippen MR) is 197 cm³/mol. The Hall–Kier alpha value is -4.41. The maximum absolute atomic E-state index is 14.9. The molecule has 1 fully saturated rings. The Bertz CT molecular complexity index is 1880. The maximum Gasteiger partial charge on any atom is 0.225 e. The summed E-state index contributed by atoms with van der Waals surface area (Å²) in [6.07, 6.45) is -2.76. The summed E-state index contributed by atoms with van der Waals surface area (Å²) in [5, 5.41) is 0.467. The molecule has 52 heavy (non-hydrogen) atoms. The molecule has 0 spiro atoms. The number of hydrogen-bond acceptors (Lipinski definition) is 7. The van der Waals surface area contributed by atoms with Gasteiger partial charge < -0.3 is 33.2 Å². The molecule has 1 aliphatic heterocycles. The van der Waals surface area contributed by atoms with Crippen LogP contribution >= 0.6 is 11.6 Å². The standard InChI is InChI=1S/C43H42ClFO7/c1-3-48-38-22-19-33(24-37(38)45)23-34-25-35(20-21-36(34)44)43(47-2)42(51-29-32-17-11-6-12-18-32)41(50-28-31-15-9-5-10-16-31)40(39(26-46)52-43)49-27-30-13-7-4-8-14-30/h4-22,24-26,39-42H,3,23,27-29H2,1-2H3. The summed E-state index contributed by atoms with van der Waals surface area (Å²) in [5.41, 5.74) is 4.70. The van der Waals surface area contributed by atoms with E-state index >= 15 is 0 Å². The van der Waals surface area contributed by atoms with Gasteiger partial charge >= 0.3 is 0 Å². The zero-order valence-electron chi connectivity index (χ0n) is 29.2. The van der Waals surface area contributed by atoms with Crippen LogP contribution in [0.4, 0.5) is 4.39 Å². The highest BCUT2D eigenvalue weighted by atomic mass is 35.5. The monoisotopic (exact) mass is 724 g/mol. The van der Waals surface area contributed by atoms with Crippen LogP contribution in [0.25, 0.3) is 0 Å². The molecule has 0 radical (unpaired) electrons. The van der Waals surface area contributed by atoms with Gasteiger partial charge in [0.25, 0.3) is 0 Å². The van der Waals surface area contributed by atoms with Crippen LogP contribution in [0.15, 0.2) is 127 Å². The first-order chi connectivity index (χ1) is 25.4. The number of ether oxygens (including phenoxy) is 6. The molecule has 5 aromatic carbocycles. The first-order valence-electron chi connectivity index (χ1n) is 17.3. The van der Waals surface area contributed by atoms with E-state index < -0.39 is 36.0 Å². The van der Waals surface area contributed by atoms with Gasteiger partial charge in [0, 0.05) is 17.7 Å². The van der Waals surface area contributed by atoms with Crippen molar-refractivity contribution in [2.45, 2.75) is 63.4 Å². The van der Waals surface area contributed by atoms with E-state index in [1.54, 1.807) is 31.2 Å². The zero-order valence-corrected chi connectivity index (χ0v) is 29.9. The molecule has 7 nitrogen and oxygen atoms in total. The smallest absolute Gasteiger partial charge is 0.225 e. The summed E-state index contributed by atoms with van der Waals surface area (Å²) < 4.78 is 53.3. The van der Waals surface area contributed by atoms with Gasteiger partial charge in [-0.3, -0.25) is 0 Å². The molecule has 5 atom stereocenters. The number of rotatable bonds is 16. The molecule has 0 N–H and O–H groups in total. The van der Waals surface area contributed by atoms with E-state index in [1.165, 1.54) is 13.2 Å². The van der Waals surface area contributed by atoms with Gasteiger partial charge in [-0.1, -0.05) is 115 Å². The second-order valence-corrected chi connectivity index (χ2v) is 12.9. The lowest BCUT2D eigenvalue weighted by atomic mass is 9.86. The van der Waals surface area contributed by atoms with Crippen molar-refractivity contribution in [2.24, 2.45) is 0 Å². The van der Waals surface area contributed by atoms with Crippen LogP contribution in [-0.2, 0) is 60.5 Å². The highest BCUT2D eigenvalue weighted by Gasteiger charge is 2.58. The van der Waals surface area contributed by atoms with Gasteiger partial charge in [0.1, 0.15) is 24.4 Å². The third-order valence-corrected chi connectivity index (χ3v) is 9.42. The summed E-state index contributed by atoms with van der Waals surface area (Å²) in [5.74, 6) is -1.93. The van der Waals surface area contributed by atoms with E-state index in [1.807, 2.05) is 97.1 Å². The summed E-state index contributed by atoms with van der Waals surface area (Å²) in [7, 11) is 1.51. The van der Waals surface area contributed by atoms with Crippen LogP contribution in [0.3, 0.4) is 0 Å². The fourth-order valence-corrected chi connectivity index (χ4v) is 6.66. The van der Waals surface area contributed by atoms with Crippen LogP contribution in [0, 0.1) is 5.82 Å². The van der Waals surface area contributed by atoms with E-state index in [-0.39, 0.29) is 25.6 Å². The van der Waals surface area contributed by atoms with Gasteiger partial charge in [0.05, 0.1) is 26.4 Å². The molecular weight excluding hydrogens is 683 g/mol. The minimum absolute atomic E-state index is 0.184. The molecule has 0 saturated carbocycles. The summed E-state index contributed by atoms with van der Waals surface area (Å²) in [4.78, 5) is 13.0. The molecule has 0 aliphatic carbocycles. The van der Waals surface area contributed by atoms with Crippen molar-refractivity contribution in [3.05, 3.63) is 172 Å². The van der Waals surface area contributed by atoms with Gasteiger partial charge in [-0.25, -0.2) is 4.39 Å². The van der Waals surface area contributed by atoms with E-state index in [0.29, 0.717) is 34.7 Å². The topological polar surface area (TPSA) is 72.5 Å².